The van der Waals surface area contributed by atoms with Gasteiger partial charge < -0.3 is 10.2 Å². The first-order valence-corrected chi connectivity index (χ1v) is 9.90. The molecule has 0 spiro atoms. The van der Waals surface area contributed by atoms with Crippen molar-refractivity contribution in [3.05, 3.63) is 77.9 Å². The summed E-state index contributed by atoms with van der Waals surface area (Å²) in [7, 11) is 0. The Kier molecular flexibility index (Phi) is 6.65. The predicted molar refractivity (Wildman–Crippen MR) is 108 cm³/mol. The van der Waals surface area contributed by atoms with Crippen LogP contribution in [-0.2, 0) is 5.60 Å². The van der Waals surface area contributed by atoms with Gasteiger partial charge in [-0.2, -0.15) is 0 Å². The summed E-state index contributed by atoms with van der Waals surface area (Å²) < 4.78 is 0. The highest BCUT2D eigenvalue weighted by Gasteiger charge is 2.39. The molecule has 2 aromatic carbocycles. The summed E-state index contributed by atoms with van der Waals surface area (Å²) in [6.45, 7) is 0. The molecule has 0 amide bonds. The zero-order chi connectivity index (χ0) is 18.2. The van der Waals surface area contributed by atoms with E-state index >= 15 is 0 Å². The molecule has 0 aromatic heterocycles. The van der Waals surface area contributed by atoms with Crippen molar-refractivity contribution in [2.75, 3.05) is 0 Å². The van der Waals surface area contributed by atoms with Crippen molar-refractivity contribution in [3.8, 4) is 0 Å². The predicted octanol–water partition coefficient (Wildman–Crippen LogP) is 5.45. The number of hydrogen-bond donors (Lipinski definition) is 2. The summed E-state index contributed by atoms with van der Waals surface area (Å²) >= 11 is 0. The molecule has 2 aromatic rings. The van der Waals surface area contributed by atoms with Crippen LogP contribution >= 0.6 is 0 Å². The van der Waals surface area contributed by atoms with E-state index in [1.165, 1.54) is 31.2 Å². The molecule has 2 nitrogen and oxygen atoms in total. The van der Waals surface area contributed by atoms with Crippen LogP contribution in [0.3, 0.4) is 0 Å². The van der Waals surface area contributed by atoms with Crippen LogP contribution in [0.4, 0.5) is 0 Å². The van der Waals surface area contributed by atoms with Crippen LogP contribution in [0.15, 0.2) is 66.7 Å². The third-order valence-electron chi connectivity index (χ3n) is 5.55. The van der Waals surface area contributed by atoms with E-state index in [4.69, 9.17) is 0 Å². The van der Waals surface area contributed by atoms with E-state index in [2.05, 4.69) is 36.4 Å². The standard InChI is InChI=1S/C12H16O2.C12H14/c13-11-8-4-5-9-12(11,14)10-6-2-1-3-7-10;1-3-7-11(8-4-1)12-9-5-2-6-10-12/h1-3,6-7,11,13-14H,4-5,8-9H2;1,3-4,7-9H,2,5-6,10H2/t11-,12-;/m0./s1. The van der Waals surface area contributed by atoms with Gasteiger partial charge in [-0.05, 0) is 55.2 Å². The first-order valence-electron chi connectivity index (χ1n) is 9.90. The fraction of sp³-hybridized carbons (Fsp3) is 0.417. The minimum atomic E-state index is -1.01. The average molecular weight is 351 g/mol. The Hall–Kier alpha value is -1.90. The molecule has 2 aliphatic rings. The van der Waals surface area contributed by atoms with Crippen molar-refractivity contribution in [2.45, 2.75) is 63.1 Å². The van der Waals surface area contributed by atoms with E-state index in [-0.39, 0.29) is 0 Å². The molecule has 0 heterocycles. The van der Waals surface area contributed by atoms with Crippen LogP contribution < -0.4 is 0 Å². The minimum absolute atomic E-state index is 0.612. The van der Waals surface area contributed by atoms with E-state index in [0.717, 1.165) is 18.4 Å². The Balaban J connectivity index is 0.000000152. The monoisotopic (exact) mass is 350 g/mol. The van der Waals surface area contributed by atoms with E-state index in [1.807, 2.05) is 30.3 Å². The zero-order valence-electron chi connectivity index (χ0n) is 15.5. The van der Waals surface area contributed by atoms with Gasteiger partial charge in [0.1, 0.15) is 5.60 Å². The Morgan fingerprint density at radius 1 is 0.808 bits per heavy atom. The van der Waals surface area contributed by atoms with Crippen LogP contribution in [0.5, 0.6) is 0 Å². The Morgan fingerprint density at radius 3 is 2.12 bits per heavy atom. The molecule has 2 atom stereocenters. The van der Waals surface area contributed by atoms with Crippen molar-refractivity contribution >= 4 is 5.57 Å². The lowest BCUT2D eigenvalue weighted by atomic mass is 9.77. The first-order chi connectivity index (χ1) is 12.7. The van der Waals surface area contributed by atoms with Gasteiger partial charge in [-0.1, -0.05) is 79.6 Å². The van der Waals surface area contributed by atoms with Crippen LogP contribution in [-0.4, -0.2) is 16.3 Å². The highest BCUT2D eigenvalue weighted by Crippen LogP contribution is 2.36. The molecule has 2 aliphatic carbocycles. The first kappa shape index (κ1) is 18.9. The van der Waals surface area contributed by atoms with Crippen molar-refractivity contribution in [2.24, 2.45) is 0 Å². The molecular formula is C24H30O2. The number of aliphatic hydroxyl groups excluding tert-OH is 1. The maximum Gasteiger partial charge on any atom is 0.115 e. The summed E-state index contributed by atoms with van der Waals surface area (Å²) in [5, 5.41) is 20.2. The fourth-order valence-corrected chi connectivity index (χ4v) is 3.95. The lowest BCUT2D eigenvalue weighted by molar-refractivity contribution is -0.106. The van der Waals surface area contributed by atoms with Gasteiger partial charge in [-0.15, -0.1) is 0 Å². The molecule has 138 valence electrons. The van der Waals surface area contributed by atoms with Crippen LogP contribution in [0.25, 0.3) is 5.57 Å². The molecule has 0 aliphatic heterocycles. The summed E-state index contributed by atoms with van der Waals surface area (Å²) in [6.07, 6.45) is 10.4. The molecule has 2 heteroatoms. The summed E-state index contributed by atoms with van der Waals surface area (Å²) in [6, 6.07) is 20.2. The van der Waals surface area contributed by atoms with Gasteiger partial charge in [0.2, 0.25) is 0 Å². The summed E-state index contributed by atoms with van der Waals surface area (Å²) in [5.41, 5.74) is 2.78. The molecule has 1 saturated carbocycles. The zero-order valence-corrected chi connectivity index (χ0v) is 15.5. The maximum atomic E-state index is 10.4. The SMILES string of the molecule is C1=C(c2ccccc2)CCCC1.O[C@H]1CCCC[C@]1(O)c1ccccc1. The smallest absolute Gasteiger partial charge is 0.115 e. The number of benzene rings is 2. The molecule has 2 N–H and O–H groups in total. The summed E-state index contributed by atoms with van der Waals surface area (Å²) in [5.74, 6) is 0. The Bertz CT molecular complexity index is 693. The number of hydrogen-bond acceptors (Lipinski definition) is 2. The molecule has 4 rings (SSSR count). The van der Waals surface area contributed by atoms with E-state index < -0.39 is 11.7 Å². The summed E-state index contributed by atoms with van der Waals surface area (Å²) in [4.78, 5) is 0. The van der Waals surface area contributed by atoms with Gasteiger partial charge in [0.05, 0.1) is 6.10 Å². The highest BCUT2D eigenvalue weighted by atomic mass is 16.3. The van der Waals surface area contributed by atoms with Crippen molar-refractivity contribution in [1.29, 1.82) is 0 Å². The Morgan fingerprint density at radius 2 is 1.50 bits per heavy atom. The second-order valence-electron chi connectivity index (χ2n) is 7.39. The largest absolute Gasteiger partial charge is 0.390 e. The Labute approximate surface area is 157 Å². The quantitative estimate of drug-likeness (QED) is 0.756. The molecule has 0 radical (unpaired) electrons. The second-order valence-corrected chi connectivity index (χ2v) is 7.39. The van der Waals surface area contributed by atoms with E-state index in [9.17, 15) is 10.2 Å². The highest BCUT2D eigenvalue weighted by molar-refractivity contribution is 5.65. The van der Waals surface area contributed by atoms with E-state index in [1.54, 1.807) is 5.57 Å². The van der Waals surface area contributed by atoms with Gasteiger partial charge in [0.15, 0.2) is 0 Å². The van der Waals surface area contributed by atoms with Crippen LogP contribution in [0.1, 0.15) is 62.5 Å². The van der Waals surface area contributed by atoms with E-state index in [0.29, 0.717) is 12.8 Å². The van der Waals surface area contributed by atoms with Gasteiger partial charge in [0.25, 0.3) is 0 Å². The van der Waals surface area contributed by atoms with Crippen molar-refractivity contribution < 1.29 is 10.2 Å². The fourth-order valence-electron chi connectivity index (χ4n) is 3.95. The normalized spacial score (nSPS) is 25.6. The molecule has 0 bridgehead atoms. The maximum absolute atomic E-state index is 10.4. The van der Waals surface area contributed by atoms with Gasteiger partial charge >= 0.3 is 0 Å². The van der Waals surface area contributed by atoms with Gasteiger partial charge in [-0.25, -0.2) is 0 Å². The van der Waals surface area contributed by atoms with Gasteiger partial charge in [-0.3, -0.25) is 0 Å². The molecule has 1 fully saturated rings. The topological polar surface area (TPSA) is 40.5 Å². The number of allylic oxidation sites excluding steroid dienone is 2. The third kappa shape index (κ3) is 4.63. The van der Waals surface area contributed by atoms with Crippen molar-refractivity contribution in [1.82, 2.24) is 0 Å². The molecule has 26 heavy (non-hydrogen) atoms. The lowest BCUT2D eigenvalue weighted by Gasteiger charge is -2.37. The average Bonchev–Trinajstić information content (AvgIpc) is 2.73. The number of rotatable bonds is 2. The molecule has 0 saturated heterocycles. The van der Waals surface area contributed by atoms with Crippen LogP contribution in [0.2, 0.25) is 0 Å². The second kappa shape index (κ2) is 9.16. The lowest BCUT2D eigenvalue weighted by Crippen LogP contribution is -2.41. The minimum Gasteiger partial charge on any atom is -0.390 e. The molecular weight excluding hydrogens is 320 g/mol. The molecule has 0 unspecified atom stereocenters. The third-order valence-corrected chi connectivity index (χ3v) is 5.55. The number of aliphatic hydroxyl groups is 2. The van der Waals surface area contributed by atoms with Crippen molar-refractivity contribution in [3.63, 3.8) is 0 Å². The van der Waals surface area contributed by atoms with Crippen LogP contribution in [0, 0.1) is 0 Å². The van der Waals surface area contributed by atoms with Gasteiger partial charge in [0, 0.05) is 0 Å².